The molecule has 1 atom stereocenters. The topological polar surface area (TPSA) is 110 Å². The van der Waals surface area contributed by atoms with E-state index in [0.29, 0.717) is 35.8 Å². The molecule has 3 N–H and O–H groups in total. The largest absolute Gasteiger partial charge is 0.504 e. The molecule has 136 valence electrons. The van der Waals surface area contributed by atoms with Crippen LogP contribution in [-0.4, -0.2) is 28.3 Å². The number of methoxy groups -OCH3 is 1. The predicted molar refractivity (Wildman–Crippen MR) is 94.0 cm³/mol. The maximum absolute atomic E-state index is 13.0. The molecular formula is C18H20N4O4. The van der Waals surface area contributed by atoms with E-state index in [1.165, 1.54) is 7.11 Å². The van der Waals surface area contributed by atoms with Crippen LogP contribution in [0, 0.1) is 5.41 Å². The van der Waals surface area contributed by atoms with E-state index in [-0.39, 0.29) is 16.9 Å². The Morgan fingerprint density at radius 1 is 1.27 bits per heavy atom. The number of hydrogen-bond acceptors (Lipinski definition) is 8. The Kier molecular flexibility index (Phi) is 3.64. The fraction of sp³-hybridized carbons (Fsp3) is 0.389. The molecule has 8 heteroatoms. The van der Waals surface area contributed by atoms with Crippen molar-refractivity contribution in [1.29, 1.82) is 0 Å². The van der Waals surface area contributed by atoms with Crippen molar-refractivity contribution >= 4 is 17.4 Å². The Bertz CT molecular complexity index is 916. The Balaban J connectivity index is 1.86. The van der Waals surface area contributed by atoms with Crippen molar-refractivity contribution in [1.82, 2.24) is 10.3 Å². The number of Topliss-reactive ketones (excluding diaryl/α,β-unsaturated/α-hetero) is 1. The van der Waals surface area contributed by atoms with E-state index in [4.69, 9.17) is 9.37 Å². The van der Waals surface area contributed by atoms with E-state index in [2.05, 4.69) is 34.8 Å². The van der Waals surface area contributed by atoms with Gasteiger partial charge in [0.05, 0.1) is 13.2 Å². The van der Waals surface area contributed by atoms with Crippen LogP contribution >= 0.6 is 0 Å². The van der Waals surface area contributed by atoms with Gasteiger partial charge in [-0.15, -0.1) is 0 Å². The summed E-state index contributed by atoms with van der Waals surface area (Å²) in [7, 11) is 1.49. The van der Waals surface area contributed by atoms with E-state index in [1.807, 2.05) is 6.07 Å². The molecule has 1 aliphatic carbocycles. The van der Waals surface area contributed by atoms with Crippen LogP contribution in [0.15, 0.2) is 34.1 Å². The molecule has 0 fully saturated rings. The zero-order valence-electron chi connectivity index (χ0n) is 14.8. The number of benzene rings is 1. The second-order valence-corrected chi connectivity index (χ2v) is 7.43. The lowest BCUT2D eigenvalue weighted by molar-refractivity contribution is -0.118. The van der Waals surface area contributed by atoms with Crippen LogP contribution < -0.4 is 15.4 Å². The number of rotatable bonds is 2. The standard InChI is InChI=1S/C18H20N4O4/c1-18(2)7-10-14(12(24)8-18)15(20-17-16(19-10)21-26-22-17)9-4-5-13(25-3)11(23)6-9/h4-6,15,23H,7-8H2,1-3H3,(H,19,21)(H,20,22)/t15-/m1/s1. The van der Waals surface area contributed by atoms with Crippen LogP contribution in [0.1, 0.15) is 38.3 Å². The molecular weight excluding hydrogens is 336 g/mol. The van der Waals surface area contributed by atoms with Crippen molar-refractivity contribution in [2.24, 2.45) is 5.41 Å². The lowest BCUT2D eigenvalue weighted by Crippen LogP contribution is -2.31. The van der Waals surface area contributed by atoms with Crippen LogP contribution in [0.5, 0.6) is 11.5 Å². The van der Waals surface area contributed by atoms with Gasteiger partial charge in [0.25, 0.3) is 0 Å². The number of carbonyl (C=O) groups is 1. The van der Waals surface area contributed by atoms with Crippen LogP contribution in [0.25, 0.3) is 0 Å². The molecule has 0 bridgehead atoms. The normalized spacial score (nSPS) is 21.2. The van der Waals surface area contributed by atoms with Crippen LogP contribution in [0.4, 0.5) is 11.6 Å². The number of ketones is 1. The van der Waals surface area contributed by atoms with E-state index >= 15 is 0 Å². The number of aromatic hydroxyl groups is 1. The summed E-state index contributed by atoms with van der Waals surface area (Å²) in [5, 5.41) is 24.4. The van der Waals surface area contributed by atoms with Gasteiger partial charge in [0.1, 0.15) is 0 Å². The Morgan fingerprint density at radius 3 is 2.77 bits per heavy atom. The number of hydrogen-bond donors (Lipinski definition) is 3. The number of ether oxygens (including phenoxy) is 1. The third kappa shape index (κ3) is 2.67. The zero-order valence-corrected chi connectivity index (χ0v) is 14.8. The van der Waals surface area contributed by atoms with Gasteiger partial charge in [-0.25, -0.2) is 4.63 Å². The molecule has 1 aromatic heterocycles. The summed E-state index contributed by atoms with van der Waals surface area (Å²) >= 11 is 0. The SMILES string of the molecule is COc1ccc([C@H]2Nc3nonc3NC3=C2C(=O)CC(C)(C)C3)cc1O. The minimum absolute atomic E-state index is 0.00763. The first kappa shape index (κ1) is 16.4. The van der Waals surface area contributed by atoms with E-state index in [0.717, 1.165) is 11.3 Å². The summed E-state index contributed by atoms with van der Waals surface area (Å²) in [6, 6.07) is 4.59. The van der Waals surface area contributed by atoms with Crippen molar-refractivity contribution in [3.63, 3.8) is 0 Å². The number of phenolic OH excluding ortho intramolecular Hbond substituents is 1. The average molecular weight is 356 g/mol. The Labute approximate surface area is 150 Å². The fourth-order valence-corrected chi connectivity index (χ4v) is 3.63. The number of phenols is 1. The third-order valence-electron chi connectivity index (χ3n) is 4.78. The number of fused-ring (bicyclic) bond motifs is 1. The van der Waals surface area contributed by atoms with Crippen molar-refractivity contribution < 1.29 is 19.3 Å². The number of allylic oxidation sites excluding steroid dienone is 1. The van der Waals surface area contributed by atoms with Crippen LogP contribution in [-0.2, 0) is 4.79 Å². The molecule has 2 aliphatic rings. The smallest absolute Gasteiger partial charge is 0.219 e. The molecule has 1 aromatic carbocycles. The first-order chi connectivity index (χ1) is 12.4. The summed E-state index contributed by atoms with van der Waals surface area (Å²) in [5.74, 6) is 1.30. The Morgan fingerprint density at radius 2 is 2.04 bits per heavy atom. The molecule has 0 radical (unpaired) electrons. The van der Waals surface area contributed by atoms with Gasteiger partial charge in [0, 0.05) is 17.7 Å². The summed E-state index contributed by atoms with van der Waals surface area (Å²) in [6.07, 6.45) is 1.14. The van der Waals surface area contributed by atoms with Crippen molar-refractivity contribution in [2.75, 3.05) is 17.7 Å². The van der Waals surface area contributed by atoms with Gasteiger partial charge >= 0.3 is 0 Å². The zero-order chi connectivity index (χ0) is 18.5. The number of carbonyl (C=O) groups excluding carboxylic acids is 1. The minimum atomic E-state index is -0.481. The lowest BCUT2D eigenvalue weighted by Gasteiger charge is -2.34. The maximum atomic E-state index is 13.0. The second-order valence-electron chi connectivity index (χ2n) is 7.43. The van der Waals surface area contributed by atoms with Gasteiger partial charge in [-0.05, 0) is 39.8 Å². The van der Waals surface area contributed by atoms with Crippen LogP contribution in [0.2, 0.25) is 0 Å². The van der Waals surface area contributed by atoms with Gasteiger partial charge in [0.2, 0.25) is 11.6 Å². The average Bonchev–Trinajstić information content (AvgIpc) is 2.93. The minimum Gasteiger partial charge on any atom is -0.504 e. The highest BCUT2D eigenvalue weighted by Crippen LogP contribution is 2.45. The molecule has 4 rings (SSSR count). The quantitative estimate of drug-likeness (QED) is 0.753. The van der Waals surface area contributed by atoms with Gasteiger partial charge in [-0.2, -0.15) is 0 Å². The third-order valence-corrected chi connectivity index (χ3v) is 4.78. The number of aromatic nitrogens is 2. The highest BCUT2D eigenvalue weighted by Gasteiger charge is 2.39. The first-order valence-electron chi connectivity index (χ1n) is 8.37. The second kappa shape index (κ2) is 5.76. The fourth-order valence-electron chi connectivity index (χ4n) is 3.63. The molecule has 2 heterocycles. The van der Waals surface area contributed by atoms with Gasteiger partial charge < -0.3 is 20.5 Å². The molecule has 8 nitrogen and oxygen atoms in total. The van der Waals surface area contributed by atoms with Crippen molar-refractivity contribution in [2.45, 2.75) is 32.7 Å². The molecule has 2 aromatic rings. The van der Waals surface area contributed by atoms with E-state index < -0.39 is 6.04 Å². The summed E-state index contributed by atoms with van der Waals surface area (Å²) < 4.78 is 9.94. The summed E-state index contributed by atoms with van der Waals surface area (Å²) in [6.45, 7) is 4.12. The van der Waals surface area contributed by atoms with Gasteiger partial charge in [0.15, 0.2) is 17.3 Å². The summed E-state index contributed by atoms with van der Waals surface area (Å²) in [4.78, 5) is 13.0. The van der Waals surface area contributed by atoms with Crippen molar-refractivity contribution in [3.8, 4) is 11.5 Å². The summed E-state index contributed by atoms with van der Waals surface area (Å²) in [5.41, 5.74) is 2.00. The highest BCUT2D eigenvalue weighted by molar-refractivity contribution is 6.00. The molecule has 0 unspecified atom stereocenters. The predicted octanol–water partition coefficient (Wildman–Crippen LogP) is 3.01. The van der Waals surface area contributed by atoms with Gasteiger partial charge in [-0.1, -0.05) is 19.9 Å². The monoisotopic (exact) mass is 356 g/mol. The van der Waals surface area contributed by atoms with E-state index in [9.17, 15) is 9.90 Å². The number of nitrogens with one attached hydrogen (secondary N) is 2. The number of anilines is 2. The molecule has 26 heavy (non-hydrogen) atoms. The number of nitrogens with zero attached hydrogens (tertiary/aromatic N) is 2. The molecule has 0 amide bonds. The molecule has 0 spiro atoms. The molecule has 0 saturated heterocycles. The van der Waals surface area contributed by atoms with Gasteiger partial charge in [-0.3, -0.25) is 4.79 Å². The van der Waals surface area contributed by atoms with Crippen molar-refractivity contribution in [3.05, 3.63) is 35.0 Å². The first-order valence-corrected chi connectivity index (χ1v) is 8.37. The van der Waals surface area contributed by atoms with Crippen LogP contribution in [0.3, 0.4) is 0 Å². The Hall–Kier alpha value is -3.03. The maximum Gasteiger partial charge on any atom is 0.219 e. The highest BCUT2D eigenvalue weighted by atomic mass is 16.6. The van der Waals surface area contributed by atoms with E-state index in [1.54, 1.807) is 12.1 Å². The lowest BCUT2D eigenvalue weighted by atomic mass is 9.73. The molecule has 1 aliphatic heterocycles. The molecule has 0 saturated carbocycles.